The number of aliphatic hydroxyl groups excluding tert-OH is 1. The molecule has 0 saturated heterocycles. The number of rotatable bonds is 2. The zero-order valence-corrected chi connectivity index (χ0v) is 19.1. The van der Waals surface area contributed by atoms with Gasteiger partial charge in [0.15, 0.2) is 5.78 Å². The molecule has 8 atom stereocenters. The van der Waals surface area contributed by atoms with Gasteiger partial charge in [-0.25, -0.2) is 0 Å². The second-order valence-corrected chi connectivity index (χ2v) is 12.0. The van der Waals surface area contributed by atoms with E-state index in [1.165, 1.54) is 38.5 Å². The van der Waals surface area contributed by atoms with E-state index >= 15 is 0 Å². The second kappa shape index (κ2) is 6.43. The van der Waals surface area contributed by atoms with E-state index < -0.39 is 0 Å². The Kier molecular flexibility index (Phi) is 4.74. The molecule has 28 heavy (non-hydrogen) atoms. The van der Waals surface area contributed by atoms with E-state index in [4.69, 9.17) is 0 Å². The van der Waals surface area contributed by atoms with Crippen LogP contribution in [0.2, 0.25) is 0 Å². The Labute approximate surface area is 172 Å². The summed E-state index contributed by atoms with van der Waals surface area (Å²) in [5, 5.41) is 11.5. The summed E-state index contributed by atoms with van der Waals surface area (Å²) in [6.45, 7) is 14.0. The molecule has 0 spiro atoms. The Morgan fingerprint density at radius 1 is 1.04 bits per heavy atom. The van der Waals surface area contributed by atoms with Crippen LogP contribution in [0.4, 0.5) is 0 Å². The number of Topliss-reactive ketones (excluding diaryl/α,β-unsaturated/α-hetero) is 1. The standard InChI is InChI=1S/C26H42O2/c1-7-23(3)12-8-13-24(4)19(23)11-14-25(5)20-10-9-18(17(2)27)16-26(20,6)22(28)15-21(24)25/h9,19-22,28H,7-8,10-16H2,1-6H3/t19-,20?,21?,22-,23-,24-,25-,26+/m0/s1. The van der Waals surface area contributed by atoms with Gasteiger partial charge < -0.3 is 5.11 Å². The van der Waals surface area contributed by atoms with E-state index in [1.54, 1.807) is 6.92 Å². The first-order valence-corrected chi connectivity index (χ1v) is 11.9. The summed E-state index contributed by atoms with van der Waals surface area (Å²) in [6, 6.07) is 0. The minimum atomic E-state index is -0.288. The minimum Gasteiger partial charge on any atom is -0.393 e. The summed E-state index contributed by atoms with van der Waals surface area (Å²) in [7, 11) is 0. The van der Waals surface area contributed by atoms with Gasteiger partial charge in [0, 0.05) is 5.41 Å². The van der Waals surface area contributed by atoms with E-state index in [0.717, 1.165) is 30.8 Å². The van der Waals surface area contributed by atoms with Crippen LogP contribution in [0.5, 0.6) is 0 Å². The first kappa shape index (κ1) is 20.6. The van der Waals surface area contributed by atoms with Crippen LogP contribution in [-0.4, -0.2) is 17.0 Å². The lowest BCUT2D eigenvalue weighted by Gasteiger charge is -2.70. The van der Waals surface area contributed by atoms with Crippen LogP contribution >= 0.6 is 0 Å². The number of carbonyl (C=O) groups is 1. The highest BCUT2D eigenvalue weighted by molar-refractivity contribution is 5.93. The maximum Gasteiger partial charge on any atom is 0.155 e. The van der Waals surface area contributed by atoms with E-state index in [1.807, 2.05) is 0 Å². The van der Waals surface area contributed by atoms with Crippen LogP contribution < -0.4 is 0 Å². The van der Waals surface area contributed by atoms with Crippen molar-refractivity contribution in [3.05, 3.63) is 11.6 Å². The number of allylic oxidation sites excluding steroid dienone is 2. The van der Waals surface area contributed by atoms with E-state index in [9.17, 15) is 9.90 Å². The molecular weight excluding hydrogens is 344 g/mol. The van der Waals surface area contributed by atoms with Crippen LogP contribution in [0.15, 0.2) is 11.6 Å². The molecule has 4 aliphatic rings. The number of aliphatic hydroxyl groups is 1. The van der Waals surface area contributed by atoms with Crippen molar-refractivity contribution in [2.24, 2.45) is 39.4 Å². The van der Waals surface area contributed by atoms with Gasteiger partial charge >= 0.3 is 0 Å². The fourth-order valence-corrected chi connectivity index (χ4v) is 9.14. The molecule has 0 aromatic carbocycles. The molecule has 0 aromatic rings. The predicted octanol–water partition coefficient (Wildman–Crippen LogP) is 6.32. The topological polar surface area (TPSA) is 37.3 Å². The number of carbonyl (C=O) groups excluding carboxylic acids is 1. The van der Waals surface area contributed by atoms with Crippen molar-refractivity contribution in [1.82, 2.24) is 0 Å². The van der Waals surface area contributed by atoms with Gasteiger partial charge in [-0.15, -0.1) is 0 Å². The molecule has 2 unspecified atom stereocenters. The summed E-state index contributed by atoms with van der Waals surface area (Å²) in [6.07, 6.45) is 12.6. The van der Waals surface area contributed by atoms with Crippen LogP contribution in [0.1, 0.15) is 99.3 Å². The lowest BCUT2D eigenvalue weighted by molar-refractivity contribution is -0.225. The molecule has 0 amide bonds. The molecule has 2 heteroatoms. The summed E-state index contributed by atoms with van der Waals surface area (Å²) in [5.74, 6) is 2.08. The third kappa shape index (κ3) is 2.58. The molecule has 3 saturated carbocycles. The van der Waals surface area contributed by atoms with Crippen molar-refractivity contribution < 1.29 is 9.90 Å². The number of hydrogen-bond donors (Lipinski definition) is 1. The first-order chi connectivity index (χ1) is 13.0. The van der Waals surface area contributed by atoms with Gasteiger partial charge in [-0.1, -0.05) is 53.5 Å². The normalized spacial score (nSPS) is 53.5. The summed E-state index contributed by atoms with van der Waals surface area (Å²) < 4.78 is 0. The summed E-state index contributed by atoms with van der Waals surface area (Å²) in [5.41, 5.74) is 1.91. The molecular formula is C26H42O2. The highest BCUT2D eigenvalue weighted by Crippen LogP contribution is 2.72. The third-order valence-corrected chi connectivity index (χ3v) is 10.9. The Morgan fingerprint density at radius 2 is 1.71 bits per heavy atom. The van der Waals surface area contributed by atoms with Crippen molar-refractivity contribution in [2.75, 3.05) is 0 Å². The minimum absolute atomic E-state index is 0.146. The zero-order chi connectivity index (χ0) is 20.5. The van der Waals surface area contributed by atoms with Gasteiger partial charge in [-0.3, -0.25) is 4.79 Å². The zero-order valence-electron chi connectivity index (χ0n) is 19.1. The second-order valence-electron chi connectivity index (χ2n) is 12.0. The van der Waals surface area contributed by atoms with Crippen LogP contribution in [-0.2, 0) is 4.79 Å². The molecule has 1 N–H and O–H groups in total. The molecule has 3 fully saturated rings. The highest BCUT2D eigenvalue weighted by Gasteiger charge is 2.66. The molecule has 0 bridgehead atoms. The number of hydrogen-bond acceptors (Lipinski definition) is 2. The van der Waals surface area contributed by atoms with Crippen molar-refractivity contribution in [1.29, 1.82) is 0 Å². The van der Waals surface area contributed by atoms with Gasteiger partial charge in [0.25, 0.3) is 0 Å². The maximum atomic E-state index is 12.1. The molecule has 0 heterocycles. The molecule has 0 aliphatic heterocycles. The number of fused-ring (bicyclic) bond motifs is 5. The molecule has 0 radical (unpaired) electrons. The number of ketones is 1. The lowest BCUT2D eigenvalue weighted by Crippen LogP contribution is -2.64. The van der Waals surface area contributed by atoms with Gasteiger partial charge in [0.1, 0.15) is 0 Å². The Balaban J connectivity index is 1.75. The quantitative estimate of drug-likeness (QED) is 0.603. The van der Waals surface area contributed by atoms with Gasteiger partial charge in [0.05, 0.1) is 6.10 Å². The fourth-order valence-electron chi connectivity index (χ4n) is 9.14. The SMILES string of the molecule is CC[C@@]1(C)CCC[C@]2(C)C3C[C@H](O)[C@]4(C)CC(C(C)=O)=CCC4[C@]3(C)CC[C@@H]12. The third-order valence-electron chi connectivity index (χ3n) is 10.9. The average molecular weight is 387 g/mol. The van der Waals surface area contributed by atoms with Gasteiger partial charge in [-0.2, -0.15) is 0 Å². The summed E-state index contributed by atoms with van der Waals surface area (Å²) in [4.78, 5) is 12.1. The van der Waals surface area contributed by atoms with Crippen molar-refractivity contribution in [3.8, 4) is 0 Å². The maximum absolute atomic E-state index is 12.1. The molecule has 0 aromatic heterocycles. The fraction of sp³-hybridized carbons (Fsp3) is 0.885. The smallest absolute Gasteiger partial charge is 0.155 e. The van der Waals surface area contributed by atoms with E-state index in [0.29, 0.717) is 22.7 Å². The van der Waals surface area contributed by atoms with E-state index in [-0.39, 0.29) is 22.7 Å². The Hall–Kier alpha value is -0.630. The average Bonchev–Trinajstić information content (AvgIpc) is 2.63. The molecule has 4 aliphatic carbocycles. The first-order valence-electron chi connectivity index (χ1n) is 11.9. The largest absolute Gasteiger partial charge is 0.393 e. The van der Waals surface area contributed by atoms with E-state index in [2.05, 4.69) is 40.7 Å². The summed E-state index contributed by atoms with van der Waals surface area (Å²) >= 11 is 0. The Morgan fingerprint density at radius 3 is 2.36 bits per heavy atom. The van der Waals surface area contributed by atoms with Crippen molar-refractivity contribution in [2.45, 2.75) is 105 Å². The van der Waals surface area contributed by atoms with Crippen LogP contribution in [0.25, 0.3) is 0 Å². The van der Waals surface area contributed by atoms with Crippen LogP contribution in [0.3, 0.4) is 0 Å². The highest BCUT2D eigenvalue weighted by atomic mass is 16.3. The predicted molar refractivity (Wildman–Crippen MR) is 115 cm³/mol. The van der Waals surface area contributed by atoms with Gasteiger partial charge in [0.2, 0.25) is 0 Å². The Bertz CT molecular complexity index is 695. The lowest BCUT2D eigenvalue weighted by atomic mass is 9.35. The van der Waals surface area contributed by atoms with Crippen molar-refractivity contribution in [3.63, 3.8) is 0 Å². The monoisotopic (exact) mass is 386 g/mol. The molecule has 158 valence electrons. The van der Waals surface area contributed by atoms with Crippen molar-refractivity contribution >= 4 is 5.78 Å². The van der Waals surface area contributed by atoms with Gasteiger partial charge in [-0.05, 0) is 91.4 Å². The molecule has 2 nitrogen and oxygen atoms in total. The van der Waals surface area contributed by atoms with Crippen LogP contribution in [0, 0.1) is 39.4 Å². The molecule has 4 rings (SSSR count).